The van der Waals surface area contributed by atoms with Gasteiger partial charge in [0.2, 0.25) is 0 Å². The Morgan fingerprint density at radius 3 is 2.52 bits per heavy atom. The summed E-state index contributed by atoms with van der Waals surface area (Å²) in [6, 6.07) is 15.4. The van der Waals surface area contributed by atoms with E-state index in [1.54, 1.807) is 43.3 Å². The molecule has 0 aromatic heterocycles. The Kier molecular flexibility index (Phi) is 6.48. The summed E-state index contributed by atoms with van der Waals surface area (Å²) in [5, 5.41) is 2.92. The number of urea groups is 1. The van der Waals surface area contributed by atoms with Crippen LogP contribution >= 0.6 is 0 Å². The molecular formula is C23H29N3O4S. The highest BCUT2D eigenvalue weighted by Crippen LogP contribution is 2.29. The third-order valence-electron chi connectivity index (χ3n) is 6.02. The maximum absolute atomic E-state index is 13.1. The second-order valence-electron chi connectivity index (χ2n) is 7.91. The van der Waals surface area contributed by atoms with Crippen LogP contribution in [0.4, 0.5) is 16.2 Å². The number of para-hydroxylation sites is 1. The van der Waals surface area contributed by atoms with Crippen LogP contribution < -0.4 is 9.62 Å². The Balaban J connectivity index is 1.47. The first kappa shape index (κ1) is 21.6. The average Bonchev–Trinajstić information content (AvgIpc) is 2.80. The van der Waals surface area contributed by atoms with Crippen molar-refractivity contribution in [2.75, 3.05) is 29.3 Å². The molecule has 2 aliphatic rings. The van der Waals surface area contributed by atoms with Crippen molar-refractivity contribution in [1.82, 2.24) is 4.90 Å². The molecule has 31 heavy (non-hydrogen) atoms. The molecule has 0 bridgehead atoms. The maximum Gasteiger partial charge on any atom is 0.322 e. The van der Waals surface area contributed by atoms with Gasteiger partial charge in [0.15, 0.2) is 0 Å². The zero-order valence-electron chi connectivity index (χ0n) is 17.7. The lowest BCUT2D eigenvalue weighted by Gasteiger charge is -2.43. The fourth-order valence-corrected chi connectivity index (χ4v) is 5.94. The van der Waals surface area contributed by atoms with Crippen LogP contribution in [0.2, 0.25) is 0 Å². The van der Waals surface area contributed by atoms with E-state index in [0.29, 0.717) is 31.1 Å². The summed E-state index contributed by atoms with van der Waals surface area (Å²) in [7, 11) is -3.69. The molecule has 1 aliphatic heterocycles. The summed E-state index contributed by atoms with van der Waals surface area (Å²) in [4.78, 5) is 14.9. The highest BCUT2D eigenvalue weighted by Gasteiger charge is 2.36. The lowest BCUT2D eigenvalue weighted by molar-refractivity contribution is -0.0694. The van der Waals surface area contributed by atoms with Crippen molar-refractivity contribution >= 4 is 27.4 Å². The zero-order chi connectivity index (χ0) is 21.8. The topological polar surface area (TPSA) is 79.0 Å². The van der Waals surface area contributed by atoms with E-state index < -0.39 is 10.0 Å². The van der Waals surface area contributed by atoms with Crippen molar-refractivity contribution in [1.29, 1.82) is 0 Å². The number of sulfonamides is 1. The lowest BCUT2D eigenvalue weighted by atomic mass is 9.90. The Labute approximate surface area is 184 Å². The molecule has 1 N–H and O–H groups in total. The van der Waals surface area contributed by atoms with E-state index in [4.69, 9.17) is 4.74 Å². The zero-order valence-corrected chi connectivity index (χ0v) is 18.6. The highest BCUT2D eigenvalue weighted by molar-refractivity contribution is 7.92. The normalized spacial score (nSPS) is 21.3. The molecule has 2 fully saturated rings. The minimum atomic E-state index is -3.69. The van der Waals surface area contributed by atoms with Crippen LogP contribution in [0.3, 0.4) is 0 Å². The summed E-state index contributed by atoms with van der Waals surface area (Å²) >= 11 is 0. The van der Waals surface area contributed by atoms with Gasteiger partial charge in [0.1, 0.15) is 0 Å². The molecule has 1 aliphatic carbocycles. The predicted octanol–water partition coefficient (Wildman–Crippen LogP) is 4.08. The van der Waals surface area contributed by atoms with Crippen molar-refractivity contribution in [2.24, 2.45) is 0 Å². The summed E-state index contributed by atoms with van der Waals surface area (Å²) in [6.07, 6.45) is 4.33. The summed E-state index contributed by atoms with van der Waals surface area (Å²) in [5.74, 6) is 0. The predicted molar refractivity (Wildman–Crippen MR) is 121 cm³/mol. The van der Waals surface area contributed by atoms with Crippen LogP contribution in [0.5, 0.6) is 0 Å². The standard InChI is InChI=1S/C23H29N3O4S/c1-2-26(19-8-4-3-5-9-19)31(28,29)20-14-12-18(13-15-20)24-23(27)25-16-17-30-22-11-7-6-10-21(22)25/h3-5,8-9,12-15,21-22H,2,6-7,10-11,16-17H2,1H3,(H,24,27)/t21-,22+/m0/s1. The van der Waals surface area contributed by atoms with Crippen molar-refractivity contribution in [2.45, 2.75) is 49.6 Å². The van der Waals surface area contributed by atoms with Gasteiger partial charge in [-0.3, -0.25) is 4.31 Å². The van der Waals surface area contributed by atoms with Crippen LogP contribution in [-0.4, -0.2) is 51.2 Å². The summed E-state index contributed by atoms with van der Waals surface area (Å²) in [6.45, 7) is 3.25. The number of anilines is 2. The fourth-order valence-electron chi connectivity index (χ4n) is 4.47. The van der Waals surface area contributed by atoms with Gasteiger partial charge in [-0.1, -0.05) is 31.0 Å². The van der Waals surface area contributed by atoms with E-state index in [-0.39, 0.29) is 23.1 Å². The largest absolute Gasteiger partial charge is 0.374 e. The lowest BCUT2D eigenvalue weighted by Crippen LogP contribution is -2.55. The van der Waals surface area contributed by atoms with E-state index in [2.05, 4.69) is 5.32 Å². The number of amides is 2. The van der Waals surface area contributed by atoms with Gasteiger partial charge < -0.3 is 15.0 Å². The molecule has 166 valence electrons. The van der Waals surface area contributed by atoms with E-state index in [0.717, 1.165) is 25.7 Å². The van der Waals surface area contributed by atoms with Crippen LogP contribution in [0.15, 0.2) is 59.5 Å². The Morgan fingerprint density at radius 1 is 1.10 bits per heavy atom. The number of ether oxygens (including phenoxy) is 1. The Bertz CT molecular complexity index is 993. The molecule has 1 saturated carbocycles. The number of benzene rings is 2. The van der Waals surface area contributed by atoms with Crippen molar-refractivity contribution in [3.63, 3.8) is 0 Å². The fraction of sp³-hybridized carbons (Fsp3) is 0.435. The van der Waals surface area contributed by atoms with Gasteiger partial charge in [-0.25, -0.2) is 13.2 Å². The molecule has 2 aromatic carbocycles. The van der Waals surface area contributed by atoms with Crippen LogP contribution in [0.25, 0.3) is 0 Å². The minimum absolute atomic E-state index is 0.117. The Morgan fingerprint density at radius 2 is 1.81 bits per heavy atom. The number of carbonyl (C=O) groups is 1. The third-order valence-corrected chi connectivity index (χ3v) is 7.94. The quantitative estimate of drug-likeness (QED) is 0.755. The second-order valence-corrected chi connectivity index (χ2v) is 9.78. The van der Waals surface area contributed by atoms with E-state index in [1.165, 1.54) is 4.31 Å². The van der Waals surface area contributed by atoms with Crippen LogP contribution in [0.1, 0.15) is 32.6 Å². The summed E-state index contributed by atoms with van der Waals surface area (Å²) in [5.41, 5.74) is 1.20. The molecule has 2 aromatic rings. The molecule has 1 saturated heterocycles. The third kappa shape index (κ3) is 4.55. The van der Waals surface area contributed by atoms with Crippen LogP contribution in [0, 0.1) is 0 Å². The molecule has 2 amide bonds. The van der Waals surface area contributed by atoms with Crippen molar-refractivity contribution in [3.05, 3.63) is 54.6 Å². The molecule has 0 spiro atoms. The number of nitrogens with one attached hydrogen (secondary N) is 1. The SMILES string of the molecule is CCN(c1ccccc1)S(=O)(=O)c1ccc(NC(=O)N2CCO[C@@H]3CCCC[C@@H]32)cc1. The molecular weight excluding hydrogens is 414 g/mol. The number of carbonyl (C=O) groups excluding carboxylic acids is 1. The first-order valence-electron chi connectivity index (χ1n) is 10.9. The van der Waals surface area contributed by atoms with E-state index in [9.17, 15) is 13.2 Å². The second kappa shape index (κ2) is 9.28. The highest BCUT2D eigenvalue weighted by atomic mass is 32.2. The minimum Gasteiger partial charge on any atom is -0.374 e. The van der Waals surface area contributed by atoms with Gasteiger partial charge in [-0.05, 0) is 56.2 Å². The molecule has 0 unspecified atom stereocenters. The number of hydrogen-bond donors (Lipinski definition) is 1. The number of nitrogens with zero attached hydrogens (tertiary/aromatic N) is 2. The first-order chi connectivity index (χ1) is 15.0. The molecule has 8 heteroatoms. The van der Waals surface area contributed by atoms with Crippen molar-refractivity contribution in [3.8, 4) is 0 Å². The summed E-state index contributed by atoms with van der Waals surface area (Å²) < 4.78 is 33.5. The average molecular weight is 444 g/mol. The van der Waals surface area contributed by atoms with Crippen molar-refractivity contribution < 1.29 is 17.9 Å². The van der Waals surface area contributed by atoms with Gasteiger partial charge in [0, 0.05) is 18.8 Å². The molecule has 7 nitrogen and oxygen atoms in total. The number of fused-ring (bicyclic) bond motifs is 1. The smallest absolute Gasteiger partial charge is 0.322 e. The number of rotatable bonds is 5. The van der Waals surface area contributed by atoms with Gasteiger partial charge in [-0.2, -0.15) is 0 Å². The van der Waals surface area contributed by atoms with Gasteiger partial charge >= 0.3 is 6.03 Å². The molecule has 1 heterocycles. The van der Waals surface area contributed by atoms with Crippen LogP contribution in [-0.2, 0) is 14.8 Å². The van der Waals surface area contributed by atoms with Gasteiger partial charge in [-0.15, -0.1) is 0 Å². The van der Waals surface area contributed by atoms with Gasteiger partial charge in [0.05, 0.1) is 29.3 Å². The Hall–Kier alpha value is -2.58. The molecule has 2 atom stereocenters. The molecule has 0 radical (unpaired) electrons. The monoisotopic (exact) mass is 443 g/mol. The first-order valence-corrected chi connectivity index (χ1v) is 12.3. The number of hydrogen-bond acceptors (Lipinski definition) is 4. The maximum atomic E-state index is 13.1. The van der Waals surface area contributed by atoms with Gasteiger partial charge in [0.25, 0.3) is 10.0 Å². The van der Waals surface area contributed by atoms with E-state index >= 15 is 0 Å². The number of morpholine rings is 1. The molecule has 4 rings (SSSR count). The van der Waals surface area contributed by atoms with E-state index in [1.807, 2.05) is 23.1 Å².